The van der Waals surface area contributed by atoms with Gasteiger partial charge in [0.25, 0.3) is 10.0 Å². The van der Waals surface area contributed by atoms with E-state index in [2.05, 4.69) is 4.72 Å². The van der Waals surface area contributed by atoms with Crippen LogP contribution < -0.4 is 9.46 Å². The number of hydrogen-bond donors (Lipinski definition) is 2. The number of nitriles is 1. The van der Waals surface area contributed by atoms with Gasteiger partial charge in [-0.2, -0.15) is 5.26 Å². The molecule has 21 heavy (non-hydrogen) atoms. The minimum atomic E-state index is -3.81. The molecule has 2 N–H and O–H groups in total. The molecule has 0 spiro atoms. The van der Waals surface area contributed by atoms with Gasteiger partial charge in [0, 0.05) is 6.07 Å². The first kappa shape index (κ1) is 14.7. The number of phenolic OH excluding ortho intramolecular Hbond substituents is 1. The third-order valence-electron chi connectivity index (χ3n) is 2.72. The van der Waals surface area contributed by atoms with E-state index in [1.807, 2.05) is 6.07 Å². The molecule has 0 saturated heterocycles. The Bertz CT molecular complexity index is 793. The lowest BCUT2D eigenvalue weighted by Gasteiger charge is -2.12. The SMILES string of the molecule is COc1cc(C#N)ccc1NS(=O)(=O)c1ccc(O)cc1. The number of aromatic hydroxyl groups is 1. The number of ether oxygens (including phenoxy) is 1. The van der Waals surface area contributed by atoms with Crippen molar-refractivity contribution in [3.8, 4) is 17.6 Å². The van der Waals surface area contributed by atoms with E-state index in [0.717, 1.165) is 0 Å². The third-order valence-corrected chi connectivity index (χ3v) is 4.10. The third kappa shape index (κ3) is 3.24. The Morgan fingerprint density at radius 1 is 1.19 bits per heavy atom. The number of nitrogens with zero attached hydrogens (tertiary/aromatic N) is 1. The van der Waals surface area contributed by atoms with Gasteiger partial charge in [-0.05, 0) is 36.4 Å². The zero-order valence-corrected chi connectivity index (χ0v) is 11.9. The monoisotopic (exact) mass is 304 g/mol. The number of phenols is 1. The molecule has 0 amide bonds. The number of hydrogen-bond acceptors (Lipinski definition) is 5. The van der Waals surface area contributed by atoms with E-state index in [-0.39, 0.29) is 22.1 Å². The van der Waals surface area contributed by atoms with E-state index in [9.17, 15) is 13.5 Å². The summed E-state index contributed by atoms with van der Waals surface area (Å²) < 4.78 is 31.9. The Labute approximate surface area is 122 Å². The molecule has 0 bridgehead atoms. The summed E-state index contributed by atoms with van der Waals surface area (Å²) in [5, 5.41) is 18.0. The summed E-state index contributed by atoms with van der Waals surface area (Å²) in [5.74, 6) is 0.223. The Morgan fingerprint density at radius 2 is 1.86 bits per heavy atom. The summed E-state index contributed by atoms with van der Waals surface area (Å²) in [4.78, 5) is 0.00622. The number of rotatable bonds is 4. The van der Waals surface area contributed by atoms with Crippen molar-refractivity contribution in [3.05, 3.63) is 48.0 Å². The summed E-state index contributed by atoms with van der Waals surface area (Å²) in [6, 6.07) is 11.5. The Hall–Kier alpha value is -2.72. The van der Waals surface area contributed by atoms with Crippen LogP contribution in [0.5, 0.6) is 11.5 Å². The zero-order chi connectivity index (χ0) is 15.5. The normalized spacial score (nSPS) is 10.7. The minimum absolute atomic E-state index is 0.00622. The van der Waals surface area contributed by atoms with Crippen molar-refractivity contribution in [2.45, 2.75) is 4.90 Å². The molecule has 0 aliphatic heterocycles. The fraction of sp³-hybridized carbons (Fsp3) is 0.0714. The largest absolute Gasteiger partial charge is 0.508 e. The van der Waals surface area contributed by atoms with E-state index in [1.54, 1.807) is 0 Å². The standard InChI is InChI=1S/C14H12N2O4S/c1-20-14-8-10(9-15)2-7-13(14)16-21(18,19)12-5-3-11(17)4-6-12/h2-8,16-17H,1H3. The van der Waals surface area contributed by atoms with Gasteiger partial charge in [-0.25, -0.2) is 8.42 Å². The van der Waals surface area contributed by atoms with Gasteiger partial charge in [0.2, 0.25) is 0 Å². The quantitative estimate of drug-likeness (QED) is 0.900. The van der Waals surface area contributed by atoms with Crippen LogP contribution in [0.3, 0.4) is 0 Å². The lowest BCUT2D eigenvalue weighted by molar-refractivity contribution is 0.416. The van der Waals surface area contributed by atoms with Gasteiger partial charge in [-0.1, -0.05) is 0 Å². The highest BCUT2D eigenvalue weighted by Crippen LogP contribution is 2.28. The molecule has 2 rings (SSSR count). The summed E-state index contributed by atoms with van der Waals surface area (Å²) in [5.41, 5.74) is 0.587. The van der Waals surface area contributed by atoms with E-state index in [0.29, 0.717) is 5.56 Å². The highest BCUT2D eigenvalue weighted by Gasteiger charge is 2.16. The van der Waals surface area contributed by atoms with Crippen molar-refractivity contribution in [2.24, 2.45) is 0 Å². The van der Waals surface area contributed by atoms with Crippen molar-refractivity contribution in [2.75, 3.05) is 11.8 Å². The van der Waals surface area contributed by atoms with Crippen LogP contribution >= 0.6 is 0 Å². The lowest BCUT2D eigenvalue weighted by atomic mass is 10.2. The maximum atomic E-state index is 12.2. The fourth-order valence-corrected chi connectivity index (χ4v) is 2.74. The maximum Gasteiger partial charge on any atom is 0.262 e. The van der Waals surface area contributed by atoms with Gasteiger partial charge in [-0.15, -0.1) is 0 Å². The number of nitrogens with one attached hydrogen (secondary N) is 1. The number of anilines is 1. The predicted octanol–water partition coefficient (Wildman–Crippen LogP) is 2.07. The topological polar surface area (TPSA) is 99.4 Å². The van der Waals surface area contributed by atoms with Crippen LogP contribution in [0.25, 0.3) is 0 Å². The molecule has 0 saturated carbocycles. The molecule has 7 heteroatoms. The van der Waals surface area contributed by atoms with Crippen LogP contribution in [0.4, 0.5) is 5.69 Å². The molecule has 6 nitrogen and oxygen atoms in total. The average Bonchev–Trinajstić information content (AvgIpc) is 2.47. The minimum Gasteiger partial charge on any atom is -0.508 e. The second-order valence-corrected chi connectivity index (χ2v) is 5.81. The van der Waals surface area contributed by atoms with E-state index < -0.39 is 10.0 Å². The maximum absolute atomic E-state index is 12.2. The van der Waals surface area contributed by atoms with Crippen LogP contribution in [0, 0.1) is 11.3 Å². The molecular formula is C14H12N2O4S. The molecule has 0 radical (unpaired) electrons. The van der Waals surface area contributed by atoms with Crippen LogP contribution in [-0.4, -0.2) is 20.6 Å². The number of methoxy groups -OCH3 is 1. The molecule has 0 aliphatic carbocycles. The highest BCUT2D eigenvalue weighted by atomic mass is 32.2. The van der Waals surface area contributed by atoms with E-state index >= 15 is 0 Å². The number of benzene rings is 2. The molecule has 0 aliphatic rings. The molecule has 0 atom stereocenters. The van der Waals surface area contributed by atoms with Crippen molar-refractivity contribution < 1.29 is 18.3 Å². The highest BCUT2D eigenvalue weighted by molar-refractivity contribution is 7.92. The van der Waals surface area contributed by atoms with E-state index in [4.69, 9.17) is 10.00 Å². The van der Waals surface area contributed by atoms with Gasteiger partial charge in [-0.3, -0.25) is 4.72 Å². The predicted molar refractivity (Wildman–Crippen MR) is 76.6 cm³/mol. The summed E-state index contributed by atoms with van der Waals surface area (Å²) in [6.07, 6.45) is 0. The van der Waals surface area contributed by atoms with Crippen molar-refractivity contribution in [3.63, 3.8) is 0 Å². The van der Waals surface area contributed by atoms with Crippen LogP contribution in [0.15, 0.2) is 47.4 Å². The van der Waals surface area contributed by atoms with Crippen molar-refractivity contribution in [1.82, 2.24) is 0 Å². The van der Waals surface area contributed by atoms with E-state index in [1.165, 1.54) is 49.6 Å². The van der Waals surface area contributed by atoms with Crippen molar-refractivity contribution in [1.29, 1.82) is 5.26 Å². The second kappa shape index (κ2) is 5.73. The smallest absolute Gasteiger partial charge is 0.262 e. The van der Waals surface area contributed by atoms with Crippen molar-refractivity contribution >= 4 is 15.7 Å². The van der Waals surface area contributed by atoms with Gasteiger partial charge in [0.15, 0.2) is 0 Å². The first-order chi connectivity index (χ1) is 9.96. The molecule has 2 aromatic carbocycles. The summed E-state index contributed by atoms with van der Waals surface area (Å²) in [7, 11) is -2.42. The first-order valence-electron chi connectivity index (χ1n) is 5.86. The molecule has 0 heterocycles. The Morgan fingerprint density at radius 3 is 2.43 bits per heavy atom. The molecule has 0 aromatic heterocycles. The van der Waals surface area contributed by atoms with Gasteiger partial charge >= 0.3 is 0 Å². The van der Waals surface area contributed by atoms with Gasteiger partial charge in [0.05, 0.1) is 29.3 Å². The second-order valence-electron chi connectivity index (χ2n) is 4.13. The Kier molecular flexibility index (Phi) is 4.00. The fourth-order valence-electron chi connectivity index (χ4n) is 1.67. The van der Waals surface area contributed by atoms with Gasteiger partial charge in [0.1, 0.15) is 11.5 Å². The molecule has 2 aromatic rings. The van der Waals surface area contributed by atoms with Crippen LogP contribution in [-0.2, 0) is 10.0 Å². The molecular weight excluding hydrogens is 292 g/mol. The van der Waals surface area contributed by atoms with Crippen LogP contribution in [0.2, 0.25) is 0 Å². The molecule has 0 fully saturated rings. The van der Waals surface area contributed by atoms with Gasteiger partial charge < -0.3 is 9.84 Å². The van der Waals surface area contributed by atoms with Crippen LogP contribution in [0.1, 0.15) is 5.56 Å². The lowest BCUT2D eigenvalue weighted by Crippen LogP contribution is -2.13. The zero-order valence-electron chi connectivity index (χ0n) is 11.1. The number of sulfonamides is 1. The summed E-state index contributed by atoms with van der Waals surface area (Å²) >= 11 is 0. The average molecular weight is 304 g/mol. The molecule has 0 unspecified atom stereocenters. The molecule has 108 valence electrons. The first-order valence-corrected chi connectivity index (χ1v) is 7.34. The Balaban J connectivity index is 2.37. The summed E-state index contributed by atoms with van der Waals surface area (Å²) in [6.45, 7) is 0.